The van der Waals surface area contributed by atoms with E-state index in [1.54, 1.807) is 29.6 Å². The molecule has 0 aliphatic carbocycles. The van der Waals surface area contributed by atoms with Crippen molar-refractivity contribution in [1.29, 1.82) is 0 Å². The number of ether oxygens (including phenoxy) is 1. The summed E-state index contributed by atoms with van der Waals surface area (Å²) in [6.07, 6.45) is 8.44. The molecule has 3 aromatic heterocycles. The highest BCUT2D eigenvalue weighted by atomic mass is 16.5. The van der Waals surface area contributed by atoms with Crippen molar-refractivity contribution in [2.24, 2.45) is 0 Å². The van der Waals surface area contributed by atoms with E-state index in [0.717, 1.165) is 34.9 Å². The highest BCUT2D eigenvalue weighted by Gasteiger charge is 2.29. The molecule has 2 aromatic carbocycles. The maximum atomic E-state index is 13.9. The number of carbonyl (C=O) groups excluding carboxylic acids is 2. The molecule has 0 spiro atoms. The largest absolute Gasteiger partial charge is 0.490 e. The Bertz CT molecular complexity index is 1590. The van der Waals surface area contributed by atoms with Crippen molar-refractivity contribution < 1.29 is 14.3 Å². The fourth-order valence-corrected chi connectivity index (χ4v) is 4.98. The van der Waals surface area contributed by atoms with E-state index in [-0.39, 0.29) is 24.5 Å². The summed E-state index contributed by atoms with van der Waals surface area (Å²) in [5, 5.41) is 1.93. The zero-order valence-electron chi connectivity index (χ0n) is 20.8. The van der Waals surface area contributed by atoms with Crippen molar-refractivity contribution >= 4 is 39.3 Å². The number of piperidine rings is 1. The Morgan fingerprint density at radius 1 is 0.947 bits per heavy atom. The van der Waals surface area contributed by atoms with Gasteiger partial charge in [-0.2, -0.15) is 0 Å². The van der Waals surface area contributed by atoms with Gasteiger partial charge in [-0.15, -0.1) is 0 Å². The number of benzene rings is 2. The fraction of sp³-hybridized carbons (Fsp3) is 0.200. The third kappa shape index (κ3) is 4.80. The van der Waals surface area contributed by atoms with Crippen LogP contribution in [0, 0.1) is 0 Å². The topological polar surface area (TPSA) is 91.4 Å². The second kappa shape index (κ2) is 10.3. The number of anilines is 1. The summed E-state index contributed by atoms with van der Waals surface area (Å²) >= 11 is 0. The van der Waals surface area contributed by atoms with Crippen molar-refractivity contribution in [1.82, 2.24) is 19.9 Å². The van der Waals surface area contributed by atoms with E-state index in [1.165, 1.54) is 0 Å². The van der Waals surface area contributed by atoms with Gasteiger partial charge < -0.3 is 14.6 Å². The molecular weight excluding hydrogens is 478 g/mol. The number of pyridine rings is 2. The summed E-state index contributed by atoms with van der Waals surface area (Å²) in [4.78, 5) is 42.6. The summed E-state index contributed by atoms with van der Waals surface area (Å²) in [5.74, 6) is 0.433. The van der Waals surface area contributed by atoms with Crippen molar-refractivity contribution in [3.63, 3.8) is 0 Å². The first-order valence-corrected chi connectivity index (χ1v) is 12.7. The third-order valence-electron chi connectivity index (χ3n) is 6.99. The molecular formula is C30H27N5O3. The number of nitrogens with zero attached hydrogens (tertiary/aromatic N) is 4. The minimum absolute atomic E-state index is 0.0361. The molecule has 8 heteroatoms. The third-order valence-corrected chi connectivity index (χ3v) is 6.99. The number of H-pyrrole nitrogens is 1. The van der Waals surface area contributed by atoms with Crippen molar-refractivity contribution in [3.8, 4) is 5.75 Å². The van der Waals surface area contributed by atoms with Crippen LogP contribution in [0.1, 0.15) is 23.2 Å². The molecule has 1 aliphatic rings. The standard InChI is InChI=1S/C30H27N5O3/c36-28(34-17-11-25(12-18-34)38-24-9-14-31-15-10-24)20-35(27-5-1-3-22-4-2-13-33-29(22)27)30(37)23-7-6-21-8-16-32-26(21)19-23/h1-10,13-16,19,25,32H,11-12,17-18,20H2. The number of carbonyl (C=O) groups is 2. The van der Waals surface area contributed by atoms with E-state index in [0.29, 0.717) is 29.9 Å². The lowest BCUT2D eigenvalue weighted by molar-refractivity contribution is -0.131. The fourth-order valence-electron chi connectivity index (χ4n) is 4.98. The van der Waals surface area contributed by atoms with E-state index in [9.17, 15) is 9.59 Å². The number of hydrogen-bond donors (Lipinski definition) is 1. The normalized spacial score (nSPS) is 14.1. The summed E-state index contributed by atoms with van der Waals surface area (Å²) in [6, 6.07) is 20.7. The monoisotopic (exact) mass is 505 g/mol. The van der Waals surface area contributed by atoms with Gasteiger partial charge in [0.25, 0.3) is 5.91 Å². The number of aromatic nitrogens is 3. The van der Waals surface area contributed by atoms with Gasteiger partial charge in [0.05, 0.1) is 11.2 Å². The minimum Gasteiger partial charge on any atom is -0.490 e. The average Bonchev–Trinajstić information content (AvgIpc) is 3.44. The van der Waals surface area contributed by atoms with Gasteiger partial charge in [-0.3, -0.25) is 24.5 Å². The molecule has 0 radical (unpaired) electrons. The number of fused-ring (bicyclic) bond motifs is 2. The van der Waals surface area contributed by atoms with Crippen LogP contribution in [0.2, 0.25) is 0 Å². The first-order valence-electron chi connectivity index (χ1n) is 12.7. The van der Waals surface area contributed by atoms with Crippen LogP contribution in [0.5, 0.6) is 5.75 Å². The van der Waals surface area contributed by atoms with E-state index in [2.05, 4.69) is 15.0 Å². The Morgan fingerprint density at radius 3 is 2.61 bits per heavy atom. The van der Waals surface area contributed by atoms with Crippen LogP contribution >= 0.6 is 0 Å². The molecule has 0 bridgehead atoms. The van der Waals surface area contributed by atoms with Crippen LogP contribution in [0.25, 0.3) is 21.8 Å². The molecule has 0 unspecified atom stereocenters. The van der Waals surface area contributed by atoms with Gasteiger partial charge in [0.1, 0.15) is 18.4 Å². The van der Waals surface area contributed by atoms with Gasteiger partial charge in [0, 0.05) is 67.2 Å². The van der Waals surface area contributed by atoms with Crippen LogP contribution in [-0.4, -0.2) is 57.4 Å². The molecule has 2 amide bonds. The van der Waals surface area contributed by atoms with E-state index in [4.69, 9.17) is 4.74 Å². The zero-order chi connectivity index (χ0) is 25.9. The summed E-state index contributed by atoms with van der Waals surface area (Å²) in [5.41, 5.74) is 2.67. The summed E-state index contributed by atoms with van der Waals surface area (Å²) in [6.45, 7) is 1.06. The molecule has 4 heterocycles. The number of nitrogens with one attached hydrogen (secondary N) is 1. The molecule has 1 N–H and O–H groups in total. The molecule has 0 atom stereocenters. The lowest BCUT2D eigenvalue weighted by Gasteiger charge is -2.34. The van der Waals surface area contributed by atoms with E-state index >= 15 is 0 Å². The molecule has 190 valence electrons. The number of hydrogen-bond acceptors (Lipinski definition) is 5. The van der Waals surface area contributed by atoms with Crippen LogP contribution in [0.4, 0.5) is 5.69 Å². The maximum Gasteiger partial charge on any atom is 0.258 e. The smallest absolute Gasteiger partial charge is 0.258 e. The Morgan fingerprint density at radius 2 is 1.76 bits per heavy atom. The van der Waals surface area contributed by atoms with Crippen LogP contribution in [0.15, 0.2) is 91.5 Å². The van der Waals surface area contributed by atoms with Gasteiger partial charge in [-0.25, -0.2) is 0 Å². The SMILES string of the molecule is O=C(CN(C(=O)c1ccc2cc[nH]c2c1)c1cccc2cccnc12)N1CCC(Oc2ccncc2)CC1. The lowest BCUT2D eigenvalue weighted by atomic mass is 10.1. The Balaban J connectivity index is 1.24. The number of amides is 2. The number of aromatic amines is 1. The molecule has 6 rings (SSSR count). The highest BCUT2D eigenvalue weighted by Crippen LogP contribution is 2.28. The van der Waals surface area contributed by atoms with E-state index in [1.807, 2.05) is 71.8 Å². The lowest BCUT2D eigenvalue weighted by Crippen LogP contribution is -2.47. The molecule has 1 aliphatic heterocycles. The number of para-hydroxylation sites is 1. The molecule has 5 aromatic rings. The van der Waals surface area contributed by atoms with Crippen molar-refractivity contribution in [2.45, 2.75) is 18.9 Å². The Hall–Kier alpha value is -4.72. The van der Waals surface area contributed by atoms with Crippen molar-refractivity contribution in [2.75, 3.05) is 24.5 Å². The highest BCUT2D eigenvalue weighted by molar-refractivity contribution is 6.13. The summed E-state index contributed by atoms with van der Waals surface area (Å²) < 4.78 is 6.05. The second-order valence-corrected chi connectivity index (χ2v) is 9.40. The average molecular weight is 506 g/mol. The van der Waals surface area contributed by atoms with Gasteiger partial charge in [-0.05, 0) is 47.9 Å². The first-order chi connectivity index (χ1) is 18.7. The molecule has 1 fully saturated rings. The quantitative estimate of drug-likeness (QED) is 0.357. The first kappa shape index (κ1) is 23.7. The predicted octanol–water partition coefficient (Wildman–Crippen LogP) is 4.83. The van der Waals surface area contributed by atoms with Crippen LogP contribution in [0.3, 0.4) is 0 Å². The van der Waals surface area contributed by atoms with Crippen molar-refractivity contribution in [3.05, 3.63) is 97.1 Å². The van der Waals surface area contributed by atoms with Gasteiger partial charge in [0.2, 0.25) is 5.91 Å². The number of likely N-dealkylation sites (tertiary alicyclic amines) is 1. The molecule has 0 saturated carbocycles. The molecule has 1 saturated heterocycles. The summed E-state index contributed by atoms with van der Waals surface area (Å²) in [7, 11) is 0. The molecule has 38 heavy (non-hydrogen) atoms. The number of rotatable bonds is 6. The van der Waals surface area contributed by atoms with Crippen LogP contribution in [-0.2, 0) is 4.79 Å². The maximum absolute atomic E-state index is 13.9. The van der Waals surface area contributed by atoms with Gasteiger partial charge in [-0.1, -0.05) is 24.3 Å². The predicted molar refractivity (Wildman–Crippen MR) is 146 cm³/mol. The van der Waals surface area contributed by atoms with Crippen LogP contribution < -0.4 is 9.64 Å². The Kier molecular flexibility index (Phi) is 6.44. The van der Waals surface area contributed by atoms with Gasteiger partial charge >= 0.3 is 0 Å². The second-order valence-electron chi connectivity index (χ2n) is 9.40. The van der Waals surface area contributed by atoms with Gasteiger partial charge in [0.15, 0.2) is 0 Å². The van der Waals surface area contributed by atoms with E-state index < -0.39 is 0 Å². The zero-order valence-corrected chi connectivity index (χ0v) is 20.8. The minimum atomic E-state index is -0.246. The Labute approximate surface area is 219 Å². The molecule has 8 nitrogen and oxygen atoms in total.